The van der Waals surface area contributed by atoms with Gasteiger partial charge in [-0.25, -0.2) is 0 Å². The molecule has 3 saturated heterocycles. The molecule has 0 aromatic heterocycles. The SMILES string of the molecule is O=C([C@H]1CCOC1)N1CCC[C@@]2(CCC(=O)N2Cc2ccccc2)CC1. The van der Waals surface area contributed by atoms with Gasteiger partial charge in [-0.3, -0.25) is 9.59 Å². The number of carbonyl (C=O) groups excluding carboxylic acids is 2. The van der Waals surface area contributed by atoms with E-state index in [4.69, 9.17) is 4.74 Å². The number of rotatable bonds is 3. The fraction of sp³-hybridized carbons (Fsp3) is 0.619. The summed E-state index contributed by atoms with van der Waals surface area (Å²) in [7, 11) is 0. The van der Waals surface area contributed by atoms with Crippen LogP contribution in [0.4, 0.5) is 0 Å². The van der Waals surface area contributed by atoms with Crippen molar-refractivity contribution in [2.45, 2.75) is 50.6 Å². The molecule has 0 aliphatic carbocycles. The molecule has 2 amide bonds. The second-order valence-corrected chi connectivity index (χ2v) is 7.93. The van der Waals surface area contributed by atoms with Crippen LogP contribution in [0.25, 0.3) is 0 Å². The molecule has 3 fully saturated rings. The van der Waals surface area contributed by atoms with Crippen molar-refractivity contribution < 1.29 is 14.3 Å². The second kappa shape index (κ2) is 7.39. The van der Waals surface area contributed by atoms with Gasteiger partial charge in [0.05, 0.1) is 12.5 Å². The van der Waals surface area contributed by atoms with Gasteiger partial charge in [-0.15, -0.1) is 0 Å². The summed E-state index contributed by atoms with van der Waals surface area (Å²) in [5.74, 6) is 0.547. The summed E-state index contributed by atoms with van der Waals surface area (Å²) in [4.78, 5) is 29.5. The molecule has 0 saturated carbocycles. The normalized spacial score (nSPS) is 29.4. The number of carbonyl (C=O) groups is 2. The first-order valence-corrected chi connectivity index (χ1v) is 9.89. The first kappa shape index (κ1) is 17.5. The first-order chi connectivity index (χ1) is 12.7. The topological polar surface area (TPSA) is 49.9 Å². The highest BCUT2D eigenvalue weighted by Gasteiger charge is 2.46. The molecule has 3 aliphatic rings. The number of benzene rings is 1. The lowest BCUT2D eigenvalue weighted by atomic mass is 9.87. The van der Waals surface area contributed by atoms with E-state index < -0.39 is 0 Å². The van der Waals surface area contributed by atoms with Crippen LogP contribution in [-0.2, 0) is 20.9 Å². The Balaban J connectivity index is 1.46. The van der Waals surface area contributed by atoms with Gasteiger partial charge in [-0.2, -0.15) is 0 Å². The number of amides is 2. The van der Waals surface area contributed by atoms with Gasteiger partial charge in [-0.1, -0.05) is 30.3 Å². The predicted octanol–water partition coefficient (Wildman–Crippen LogP) is 2.60. The molecular formula is C21H28N2O3. The molecule has 2 atom stereocenters. The molecular weight excluding hydrogens is 328 g/mol. The van der Waals surface area contributed by atoms with Crippen LogP contribution in [0.1, 0.15) is 44.1 Å². The van der Waals surface area contributed by atoms with Crippen molar-refractivity contribution in [2.24, 2.45) is 5.92 Å². The average molecular weight is 356 g/mol. The minimum Gasteiger partial charge on any atom is -0.381 e. The Kier molecular flexibility index (Phi) is 4.98. The minimum absolute atomic E-state index is 0.0367. The lowest BCUT2D eigenvalue weighted by molar-refractivity contribution is -0.135. The monoisotopic (exact) mass is 356 g/mol. The molecule has 0 N–H and O–H groups in total. The Bertz CT molecular complexity index is 656. The number of hydrogen-bond donors (Lipinski definition) is 0. The molecule has 26 heavy (non-hydrogen) atoms. The Morgan fingerprint density at radius 3 is 2.77 bits per heavy atom. The van der Waals surface area contributed by atoms with Crippen molar-refractivity contribution in [1.29, 1.82) is 0 Å². The molecule has 5 nitrogen and oxygen atoms in total. The summed E-state index contributed by atoms with van der Waals surface area (Å²) in [5.41, 5.74) is 1.11. The van der Waals surface area contributed by atoms with Crippen LogP contribution in [0.2, 0.25) is 0 Å². The highest BCUT2D eigenvalue weighted by Crippen LogP contribution is 2.40. The quantitative estimate of drug-likeness (QED) is 0.836. The summed E-state index contributed by atoms with van der Waals surface area (Å²) in [5, 5.41) is 0. The van der Waals surface area contributed by atoms with Crippen molar-refractivity contribution >= 4 is 11.8 Å². The zero-order valence-corrected chi connectivity index (χ0v) is 15.4. The van der Waals surface area contributed by atoms with Crippen LogP contribution < -0.4 is 0 Å². The molecule has 5 heteroatoms. The van der Waals surface area contributed by atoms with E-state index in [9.17, 15) is 9.59 Å². The van der Waals surface area contributed by atoms with Crippen LogP contribution in [0.5, 0.6) is 0 Å². The van der Waals surface area contributed by atoms with E-state index in [0.29, 0.717) is 26.2 Å². The number of likely N-dealkylation sites (tertiary alicyclic amines) is 2. The van der Waals surface area contributed by atoms with Gasteiger partial charge in [0.1, 0.15) is 0 Å². The van der Waals surface area contributed by atoms with Gasteiger partial charge in [0.15, 0.2) is 0 Å². The maximum absolute atomic E-state index is 12.8. The molecule has 3 aliphatic heterocycles. The Morgan fingerprint density at radius 1 is 1.15 bits per heavy atom. The van der Waals surface area contributed by atoms with Crippen molar-refractivity contribution in [1.82, 2.24) is 9.80 Å². The molecule has 1 aromatic carbocycles. The van der Waals surface area contributed by atoms with Gasteiger partial charge >= 0.3 is 0 Å². The molecule has 3 heterocycles. The third-order valence-electron chi connectivity index (χ3n) is 6.37. The molecule has 0 unspecified atom stereocenters. The lowest BCUT2D eigenvalue weighted by Crippen LogP contribution is -2.46. The molecule has 1 aromatic rings. The highest BCUT2D eigenvalue weighted by molar-refractivity contribution is 5.80. The Morgan fingerprint density at radius 2 is 2.00 bits per heavy atom. The van der Waals surface area contributed by atoms with Crippen LogP contribution >= 0.6 is 0 Å². The summed E-state index contributed by atoms with van der Waals surface area (Å²) in [6.07, 6.45) is 5.27. The van der Waals surface area contributed by atoms with Gasteiger partial charge in [0.25, 0.3) is 0 Å². The lowest BCUT2D eigenvalue weighted by Gasteiger charge is -2.38. The number of hydrogen-bond acceptors (Lipinski definition) is 3. The van der Waals surface area contributed by atoms with E-state index in [1.54, 1.807) is 0 Å². The van der Waals surface area contributed by atoms with Crippen molar-refractivity contribution in [3.8, 4) is 0 Å². The van der Waals surface area contributed by atoms with E-state index >= 15 is 0 Å². The average Bonchev–Trinajstić information content (AvgIpc) is 3.23. The Labute approximate surface area is 155 Å². The summed E-state index contributed by atoms with van der Waals surface area (Å²) in [6, 6.07) is 10.2. The van der Waals surface area contributed by atoms with Crippen molar-refractivity contribution in [2.75, 3.05) is 26.3 Å². The van der Waals surface area contributed by atoms with Crippen LogP contribution in [0, 0.1) is 5.92 Å². The van der Waals surface area contributed by atoms with Gasteiger partial charge in [-0.05, 0) is 37.7 Å². The van der Waals surface area contributed by atoms with Crippen LogP contribution in [0.15, 0.2) is 30.3 Å². The summed E-state index contributed by atoms with van der Waals surface area (Å²) in [6.45, 7) is 3.52. The van der Waals surface area contributed by atoms with Gasteiger partial charge in [0, 0.05) is 38.2 Å². The van der Waals surface area contributed by atoms with Gasteiger partial charge < -0.3 is 14.5 Å². The minimum atomic E-state index is -0.0753. The van der Waals surface area contributed by atoms with Gasteiger partial charge in [0.2, 0.25) is 11.8 Å². The largest absolute Gasteiger partial charge is 0.381 e. The third kappa shape index (κ3) is 3.37. The molecule has 0 bridgehead atoms. The third-order valence-corrected chi connectivity index (χ3v) is 6.37. The maximum atomic E-state index is 12.8. The van der Waals surface area contributed by atoms with Crippen LogP contribution in [-0.4, -0.2) is 53.5 Å². The molecule has 1 spiro atoms. The van der Waals surface area contributed by atoms with E-state index in [2.05, 4.69) is 17.0 Å². The smallest absolute Gasteiger partial charge is 0.228 e. The van der Waals surface area contributed by atoms with Crippen molar-refractivity contribution in [3.63, 3.8) is 0 Å². The van der Waals surface area contributed by atoms with Crippen LogP contribution in [0.3, 0.4) is 0 Å². The summed E-state index contributed by atoms with van der Waals surface area (Å²) >= 11 is 0. The fourth-order valence-corrected chi connectivity index (χ4v) is 4.80. The summed E-state index contributed by atoms with van der Waals surface area (Å²) < 4.78 is 5.39. The standard InChI is InChI=1S/C21H28N2O3/c24-19-7-10-21(23(19)15-17-5-2-1-3-6-17)9-4-12-22(13-11-21)20(25)18-8-14-26-16-18/h1-3,5-6,18H,4,7-16H2/t18-,21+/m0/s1. The number of ether oxygens (including phenoxy) is 1. The molecule has 4 rings (SSSR count). The van der Waals surface area contributed by atoms with Crippen molar-refractivity contribution in [3.05, 3.63) is 35.9 Å². The zero-order chi connectivity index (χ0) is 18.0. The number of nitrogens with zero attached hydrogens (tertiary/aromatic N) is 2. The highest BCUT2D eigenvalue weighted by atomic mass is 16.5. The second-order valence-electron chi connectivity index (χ2n) is 7.93. The van der Waals surface area contributed by atoms with E-state index in [1.807, 2.05) is 23.1 Å². The van der Waals surface area contributed by atoms with E-state index in [-0.39, 0.29) is 23.3 Å². The van der Waals surface area contributed by atoms with E-state index in [0.717, 1.165) is 45.2 Å². The Hall–Kier alpha value is -1.88. The maximum Gasteiger partial charge on any atom is 0.228 e. The predicted molar refractivity (Wildman–Crippen MR) is 98.3 cm³/mol. The van der Waals surface area contributed by atoms with E-state index in [1.165, 1.54) is 5.56 Å². The molecule has 0 radical (unpaired) electrons. The molecule has 140 valence electrons. The fourth-order valence-electron chi connectivity index (χ4n) is 4.80. The first-order valence-electron chi connectivity index (χ1n) is 9.89. The zero-order valence-electron chi connectivity index (χ0n) is 15.4.